The lowest BCUT2D eigenvalue weighted by molar-refractivity contribution is -0.117. The minimum Gasteiger partial charge on any atom is -0.491 e. The Morgan fingerprint density at radius 3 is 2.61 bits per heavy atom. The topological polar surface area (TPSA) is 41.6 Å². The van der Waals surface area contributed by atoms with Crippen molar-refractivity contribution in [3.05, 3.63) is 77.1 Å². The Morgan fingerprint density at radius 1 is 1.18 bits per heavy atom. The molecule has 2 aromatic rings. The molecule has 0 spiro atoms. The van der Waals surface area contributed by atoms with Gasteiger partial charge in [0, 0.05) is 31.8 Å². The van der Waals surface area contributed by atoms with E-state index in [1.165, 1.54) is 6.07 Å². The normalized spacial score (nSPS) is 14.6. The number of nitrogens with one attached hydrogen (secondary N) is 1. The Labute approximate surface area is 166 Å². The maximum absolute atomic E-state index is 13.3. The molecule has 1 aliphatic heterocycles. The molecule has 1 N–H and O–H groups in total. The first-order valence-corrected chi connectivity index (χ1v) is 9.69. The van der Waals surface area contributed by atoms with Crippen molar-refractivity contribution in [3.8, 4) is 5.75 Å². The minimum atomic E-state index is -0.214. The van der Waals surface area contributed by atoms with Crippen LogP contribution in [-0.2, 0) is 17.9 Å². The monoisotopic (exact) mass is 382 g/mol. The lowest BCUT2D eigenvalue weighted by Gasteiger charge is -2.26. The van der Waals surface area contributed by atoms with Gasteiger partial charge in [0.1, 0.15) is 11.6 Å². The van der Waals surface area contributed by atoms with Gasteiger partial charge in [-0.15, -0.1) is 0 Å². The second kappa shape index (κ2) is 9.51. The number of carbonyl (C=O) groups is 1. The number of amides is 1. The van der Waals surface area contributed by atoms with Crippen molar-refractivity contribution in [3.63, 3.8) is 0 Å². The van der Waals surface area contributed by atoms with E-state index in [0.717, 1.165) is 29.0 Å². The zero-order valence-corrected chi connectivity index (χ0v) is 16.5. The average Bonchev–Trinajstić information content (AvgIpc) is 2.67. The summed E-state index contributed by atoms with van der Waals surface area (Å²) in [5, 5.41) is 2.98. The average molecular weight is 382 g/mol. The third kappa shape index (κ3) is 5.92. The molecule has 1 amide bonds. The molecule has 0 aromatic heterocycles. The largest absolute Gasteiger partial charge is 0.491 e. The fourth-order valence-corrected chi connectivity index (χ4v) is 3.21. The van der Waals surface area contributed by atoms with E-state index in [2.05, 4.69) is 10.2 Å². The van der Waals surface area contributed by atoms with Crippen LogP contribution in [-0.4, -0.2) is 30.0 Å². The summed E-state index contributed by atoms with van der Waals surface area (Å²) in [6.45, 7) is 6.65. The van der Waals surface area contributed by atoms with Crippen LogP contribution in [0.25, 0.3) is 0 Å². The number of rotatable bonds is 7. The molecule has 0 fully saturated rings. The summed E-state index contributed by atoms with van der Waals surface area (Å²) in [4.78, 5) is 14.6. The van der Waals surface area contributed by atoms with Gasteiger partial charge in [-0.25, -0.2) is 4.39 Å². The van der Waals surface area contributed by atoms with Crippen LogP contribution in [0.2, 0.25) is 0 Å². The van der Waals surface area contributed by atoms with Crippen LogP contribution >= 0.6 is 0 Å². The molecule has 148 valence electrons. The van der Waals surface area contributed by atoms with E-state index in [9.17, 15) is 9.18 Å². The van der Waals surface area contributed by atoms with Crippen LogP contribution in [0, 0.1) is 5.82 Å². The molecular formula is C23H27FN2O2. The first kappa shape index (κ1) is 20.1. The van der Waals surface area contributed by atoms with Gasteiger partial charge >= 0.3 is 0 Å². The number of ether oxygens (including phenoxy) is 1. The SMILES string of the molecule is CC(C)Oc1ccc(CNC(=O)C2=CCN(Cc3cccc(F)c3)CC2)cc1. The fourth-order valence-electron chi connectivity index (χ4n) is 3.21. The smallest absolute Gasteiger partial charge is 0.247 e. The molecule has 0 saturated heterocycles. The van der Waals surface area contributed by atoms with Crippen LogP contribution in [0.5, 0.6) is 5.75 Å². The molecule has 0 aliphatic carbocycles. The van der Waals surface area contributed by atoms with Crippen LogP contribution in [0.1, 0.15) is 31.4 Å². The molecule has 0 radical (unpaired) electrons. The second-order valence-corrected chi connectivity index (χ2v) is 7.34. The summed E-state index contributed by atoms with van der Waals surface area (Å²) in [5.74, 6) is 0.597. The van der Waals surface area contributed by atoms with E-state index in [-0.39, 0.29) is 17.8 Å². The van der Waals surface area contributed by atoms with Crippen LogP contribution < -0.4 is 10.1 Å². The summed E-state index contributed by atoms with van der Waals surface area (Å²) in [7, 11) is 0. The molecule has 2 aromatic carbocycles. The highest BCUT2D eigenvalue weighted by atomic mass is 19.1. The third-order valence-corrected chi connectivity index (χ3v) is 4.63. The van der Waals surface area contributed by atoms with Crippen LogP contribution in [0.15, 0.2) is 60.2 Å². The Hall–Kier alpha value is -2.66. The summed E-state index contributed by atoms with van der Waals surface area (Å²) >= 11 is 0. The maximum Gasteiger partial charge on any atom is 0.247 e. The minimum absolute atomic E-state index is 0.0205. The van der Waals surface area contributed by atoms with Crippen LogP contribution in [0.4, 0.5) is 4.39 Å². The highest BCUT2D eigenvalue weighted by molar-refractivity contribution is 5.93. The fraction of sp³-hybridized carbons (Fsp3) is 0.348. The highest BCUT2D eigenvalue weighted by Crippen LogP contribution is 2.16. The van der Waals surface area contributed by atoms with Crippen molar-refractivity contribution in [1.82, 2.24) is 10.2 Å². The number of hydrogen-bond acceptors (Lipinski definition) is 3. The molecular weight excluding hydrogens is 355 g/mol. The van der Waals surface area contributed by atoms with Gasteiger partial charge < -0.3 is 10.1 Å². The molecule has 0 saturated carbocycles. The lowest BCUT2D eigenvalue weighted by atomic mass is 10.1. The van der Waals surface area contributed by atoms with Crippen molar-refractivity contribution < 1.29 is 13.9 Å². The summed E-state index contributed by atoms with van der Waals surface area (Å²) in [6, 6.07) is 14.4. The quantitative estimate of drug-likeness (QED) is 0.785. The number of hydrogen-bond donors (Lipinski definition) is 1. The van der Waals surface area contributed by atoms with E-state index in [4.69, 9.17) is 4.74 Å². The van der Waals surface area contributed by atoms with Crippen LogP contribution in [0.3, 0.4) is 0 Å². The van der Waals surface area contributed by atoms with E-state index in [1.807, 2.05) is 50.3 Å². The predicted octanol–water partition coefficient (Wildman–Crippen LogP) is 4.06. The molecule has 0 bridgehead atoms. The van der Waals surface area contributed by atoms with Gasteiger partial charge in [-0.3, -0.25) is 9.69 Å². The highest BCUT2D eigenvalue weighted by Gasteiger charge is 2.17. The van der Waals surface area contributed by atoms with Crippen molar-refractivity contribution in [1.29, 1.82) is 0 Å². The molecule has 3 rings (SSSR count). The van der Waals surface area contributed by atoms with E-state index in [0.29, 0.717) is 26.1 Å². The summed E-state index contributed by atoms with van der Waals surface area (Å²) in [5.41, 5.74) is 2.80. The van der Waals surface area contributed by atoms with Crippen molar-refractivity contribution in [2.75, 3.05) is 13.1 Å². The number of benzene rings is 2. The Bertz CT molecular complexity index is 831. The molecule has 5 heteroatoms. The molecule has 28 heavy (non-hydrogen) atoms. The van der Waals surface area contributed by atoms with E-state index < -0.39 is 0 Å². The lowest BCUT2D eigenvalue weighted by Crippen LogP contribution is -2.33. The first-order chi connectivity index (χ1) is 13.5. The molecule has 1 aliphatic rings. The van der Waals surface area contributed by atoms with Gasteiger partial charge in [-0.1, -0.05) is 30.3 Å². The van der Waals surface area contributed by atoms with Gasteiger partial charge in [-0.05, 0) is 55.7 Å². The summed E-state index contributed by atoms with van der Waals surface area (Å²) in [6.07, 6.45) is 2.81. The number of carbonyl (C=O) groups excluding carboxylic acids is 1. The molecule has 0 unspecified atom stereocenters. The number of nitrogens with zero attached hydrogens (tertiary/aromatic N) is 1. The first-order valence-electron chi connectivity index (χ1n) is 9.69. The van der Waals surface area contributed by atoms with Gasteiger partial charge in [0.25, 0.3) is 0 Å². The molecule has 4 nitrogen and oxygen atoms in total. The van der Waals surface area contributed by atoms with Gasteiger partial charge in [0.05, 0.1) is 6.10 Å². The predicted molar refractivity (Wildman–Crippen MR) is 108 cm³/mol. The number of halogens is 1. The molecule has 0 atom stereocenters. The van der Waals surface area contributed by atoms with Crippen molar-refractivity contribution in [2.24, 2.45) is 0 Å². The Balaban J connectivity index is 1.47. The second-order valence-electron chi connectivity index (χ2n) is 7.34. The van der Waals surface area contributed by atoms with E-state index >= 15 is 0 Å². The third-order valence-electron chi connectivity index (χ3n) is 4.63. The van der Waals surface area contributed by atoms with Crippen molar-refractivity contribution in [2.45, 2.75) is 39.5 Å². The summed E-state index contributed by atoms with van der Waals surface area (Å²) < 4.78 is 18.9. The van der Waals surface area contributed by atoms with Crippen molar-refractivity contribution >= 4 is 5.91 Å². The van der Waals surface area contributed by atoms with Gasteiger partial charge in [0.2, 0.25) is 5.91 Å². The van der Waals surface area contributed by atoms with Gasteiger partial charge in [-0.2, -0.15) is 0 Å². The zero-order valence-electron chi connectivity index (χ0n) is 16.5. The van der Waals surface area contributed by atoms with Gasteiger partial charge in [0.15, 0.2) is 0 Å². The molecule has 1 heterocycles. The standard InChI is InChI=1S/C23H27FN2O2/c1-17(2)28-22-8-6-18(7-9-22)15-25-23(27)20-10-12-26(13-11-20)16-19-4-3-5-21(24)14-19/h3-10,14,17H,11-13,15-16H2,1-2H3,(H,25,27). The zero-order chi connectivity index (χ0) is 19.9. The van der Waals surface area contributed by atoms with E-state index in [1.54, 1.807) is 12.1 Å². The Kier molecular flexibility index (Phi) is 6.82. The maximum atomic E-state index is 13.3. The Morgan fingerprint density at radius 2 is 1.96 bits per heavy atom.